The largest absolute Gasteiger partial charge is 0.325 e. The fourth-order valence-corrected chi connectivity index (χ4v) is 3.51. The molecule has 2 aromatic rings. The van der Waals surface area contributed by atoms with Gasteiger partial charge in [-0.2, -0.15) is 0 Å². The summed E-state index contributed by atoms with van der Waals surface area (Å²) in [6, 6.07) is 16.3. The number of hydrogen-bond donors (Lipinski definition) is 1. The number of carbonyl (C=O) groups excluding carboxylic acids is 1. The van der Waals surface area contributed by atoms with Gasteiger partial charge in [-0.25, -0.2) is 0 Å². The van der Waals surface area contributed by atoms with Gasteiger partial charge in [0.25, 0.3) is 0 Å². The zero-order valence-corrected chi connectivity index (χ0v) is 11.8. The maximum atomic E-state index is 12.3. The van der Waals surface area contributed by atoms with Gasteiger partial charge in [0.1, 0.15) is 0 Å². The van der Waals surface area contributed by atoms with Crippen molar-refractivity contribution in [1.29, 1.82) is 0 Å². The first-order valence-electron chi connectivity index (χ1n) is 6.38. The molecule has 19 heavy (non-hydrogen) atoms. The van der Waals surface area contributed by atoms with E-state index in [0.29, 0.717) is 5.92 Å². The molecular formula is C16H12BrNO. The summed E-state index contributed by atoms with van der Waals surface area (Å²) >= 11 is 3.45. The third-order valence-corrected chi connectivity index (χ3v) is 4.82. The van der Waals surface area contributed by atoms with E-state index in [2.05, 4.69) is 39.4 Å². The van der Waals surface area contributed by atoms with Crippen LogP contribution in [0, 0.1) is 0 Å². The number of hydrogen-bond acceptors (Lipinski definition) is 1. The smallest absolute Gasteiger partial charge is 0.235 e. The number of anilines is 1. The molecule has 2 aromatic carbocycles. The lowest BCUT2D eigenvalue weighted by molar-refractivity contribution is -0.118. The number of carbonyl (C=O) groups is 1. The van der Waals surface area contributed by atoms with Crippen LogP contribution in [-0.2, 0) is 10.2 Å². The average molecular weight is 314 g/mol. The highest BCUT2D eigenvalue weighted by Gasteiger charge is 2.64. The Morgan fingerprint density at radius 3 is 2.63 bits per heavy atom. The Hall–Kier alpha value is -1.61. The minimum atomic E-state index is -0.315. The molecule has 0 aromatic heterocycles. The monoisotopic (exact) mass is 313 g/mol. The Labute approximate surface area is 120 Å². The number of rotatable bonds is 1. The van der Waals surface area contributed by atoms with Crippen molar-refractivity contribution >= 4 is 27.5 Å². The second-order valence-electron chi connectivity index (χ2n) is 5.28. The molecule has 4 rings (SSSR count). The van der Waals surface area contributed by atoms with E-state index in [0.717, 1.165) is 22.1 Å². The molecule has 1 saturated carbocycles. The summed E-state index contributed by atoms with van der Waals surface area (Å²) in [5.41, 5.74) is 3.07. The molecule has 94 valence electrons. The molecule has 1 spiro atoms. The number of fused-ring (bicyclic) bond motifs is 2. The summed E-state index contributed by atoms with van der Waals surface area (Å²) in [6.45, 7) is 0. The van der Waals surface area contributed by atoms with Crippen LogP contribution in [0.2, 0.25) is 0 Å². The third kappa shape index (κ3) is 1.45. The summed E-state index contributed by atoms with van der Waals surface area (Å²) < 4.78 is 1.07. The number of halogens is 1. The molecule has 1 fully saturated rings. The number of amides is 1. The van der Waals surface area contributed by atoms with Gasteiger partial charge in [-0.15, -0.1) is 0 Å². The standard InChI is InChI=1S/C16H12BrNO/c17-11-7-5-10(6-8-11)13-9-16(13)12-3-1-2-4-14(12)18-15(16)19/h1-8,13H,9H2,(H,18,19). The molecule has 0 radical (unpaired) electrons. The zero-order chi connectivity index (χ0) is 13.0. The van der Waals surface area contributed by atoms with E-state index < -0.39 is 0 Å². The summed E-state index contributed by atoms with van der Waals surface area (Å²) in [4.78, 5) is 12.3. The van der Waals surface area contributed by atoms with E-state index in [4.69, 9.17) is 0 Å². The Morgan fingerprint density at radius 1 is 1.11 bits per heavy atom. The van der Waals surface area contributed by atoms with Gasteiger partial charge >= 0.3 is 0 Å². The van der Waals surface area contributed by atoms with Crippen LogP contribution < -0.4 is 5.32 Å². The maximum absolute atomic E-state index is 12.3. The quantitative estimate of drug-likeness (QED) is 0.852. The van der Waals surface area contributed by atoms with Crippen LogP contribution in [0.5, 0.6) is 0 Å². The van der Waals surface area contributed by atoms with Crippen molar-refractivity contribution in [2.45, 2.75) is 17.8 Å². The van der Waals surface area contributed by atoms with Gasteiger partial charge < -0.3 is 5.32 Å². The molecule has 1 N–H and O–H groups in total. The highest BCUT2D eigenvalue weighted by molar-refractivity contribution is 9.10. The molecule has 2 aliphatic rings. The summed E-state index contributed by atoms with van der Waals surface area (Å²) in [6.07, 6.45) is 0.914. The minimum Gasteiger partial charge on any atom is -0.325 e. The van der Waals surface area contributed by atoms with E-state index in [9.17, 15) is 4.79 Å². The maximum Gasteiger partial charge on any atom is 0.235 e. The molecule has 3 heteroatoms. The van der Waals surface area contributed by atoms with Gasteiger partial charge in [-0.05, 0) is 35.7 Å². The fraction of sp³-hybridized carbons (Fsp3) is 0.188. The predicted molar refractivity (Wildman–Crippen MR) is 78.2 cm³/mol. The Balaban J connectivity index is 1.78. The Bertz CT molecular complexity index is 679. The van der Waals surface area contributed by atoms with Crippen LogP contribution in [-0.4, -0.2) is 5.91 Å². The molecule has 0 saturated heterocycles. The van der Waals surface area contributed by atoms with E-state index >= 15 is 0 Å². The summed E-state index contributed by atoms with van der Waals surface area (Å²) in [5.74, 6) is 0.464. The van der Waals surface area contributed by atoms with Gasteiger partial charge in [-0.3, -0.25) is 4.79 Å². The van der Waals surface area contributed by atoms with Crippen molar-refractivity contribution in [3.8, 4) is 0 Å². The number of benzene rings is 2. The van der Waals surface area contributed by atoms with Gasteiger partial charge in [0, 0.05) is 16.1 Å². The van der Waals surface area contributed by atoms with Crippen molar-refractivity contribution in [2.75, 3.05) is 5.32 Å². The molecule has 2 nitrogen and oxygen atoms in total. The first-order chi connectivity index (χ1) is 9.22. The van der Waals surface area contributed by atoms with E-state index in [-0.39, 0.29) is 11.3 Å². The Kier molecular flexibility index (Phi) is 2.19. The van der Waals surface area contributed by atoms with Crippen molar-refractivity contribution in [3.63, 3.8) is 0 Å². The second kappa shape index (κ2) is 3.70. The van der Waals surface area contributed by atoms with Crippen LogP contribution in [0.4, 0.5) is 5.69 Å². The summed E-state index contributed by atoms with van der Waals surface area (Å²) in [7, 11) is 0. The van der Waals surface area contributed by atoms with Crippen LogP contribution in [0.3, 0.4) is 0 Å². The highest BCUT2D eigenvalue weighted by Crippen LogP contribution is 2.64. The minimum absolute atomic E-state index is 0.154. The van der Waals surface area contributed by atoms with Gasteiger partial charge in [-0.1, -0.05) is 46.3 Å². The predicted octanol–water partition coefficient (Wildman–Crippen LogP) is 3.83. The van der Waals surface area contributed by atoms with E-state index in [1.807, 2.05) is 30.3 Å². The van der Waals surface area contributed by atoms with Crippen LogP contribution in [0.15, 0.2) is 53.0 Å². The third-order valence-electron chi connectivity index (χ3n) is 4.29. The fourth-order valence-electron chi connectivity index (χ4n) is 3.25. The van der Waals surface area contributed by atoms with Crippen molar-refractivity contribution in [1.82, 2.24) is 0 Å². The SMILES string of the molecule is O=C1Nc2ccccc2C12CC2c1ccc(Br)cc1. The molecule has 0 bridgehead atoms. The zero-order valence-electron chi connectivity index (χ0n) is 10.2. The molecule has 1 aliphatic heterocycles. The molecule has 1 heterocycles. The first-order valence-corrected chi connectivity index (χ1v) is 7.17. The van der Waals surface area contributed by atoms with E-state index in [1.165, 1.54) is 5.56 Å². The first kappa shape index (κ1) is 11.2. The average Bonchev–Trinajstić information content (AvgIpc) is 3.10. The van der Waals surface area contributed by atoms with Gasteiger partial charge in [0.05, 0.1) is 5.41 Å². The van der Waals surface area contributed by atoms with E-state index in [1.54, 1.807) is 0 Å². The topological polar surface area (TPSA) is 29.1 Å². The van der Waals surface area contributed by atoms with Gasteiger partial charge in [0.15, 0.2) is 0 Å². The summed E-state index contributed by atoms with van der Waals surface area (Å²) in [5, 5.41) is 3.01. The molecule has 1 amide bonds. The number of para-hydroxylation sites is 1. The Morgan fingerprint density at radius 2 is 1.84 bits per heavy atom. The second-order valence-corrected chi connectivity index (χ2v) is 6.19. The molecule has 2 atom stereocenters. The molecule has 2 unspecified atom stereocenters. The molecular weight excluding hydrogens is 302 g/mol. The lowest BCUT2D eigenvalue weighted by Crippen LogP contribution is -2.20. The number of nitrogens with one attached hydrogen (secondary N) is 1. The normalized spacial score (nSPS) is 27.2. The van der Waals surface area contributed by atoms with Crippen LogP contribution in [0.1, 0.15) is 23.5 Å². The van der Waals surface area contributed by atoms with Crippen molar-refractivity contribution in [2.24, 2.45) is 0 Å². The van der Waals surface area contributed by atoms with Crippen molar-refractivity contribution in [3.05, 3.63) is 64.1 Å². The molecule has 1 aliphatic carbocycles. The lowest BCUT2D eigenvalue weighted by Gasteiger charge is -2.08. The van der Waals surface area contributed by atoms with Crippen molar-refractivity contribution < 1.29 is 4.79 Å². The van der Waals surface area contributed by atoms with Crippen LogP contribution in [0.25, 0.3) is 0 Å². The lowest BCUT2D eigenvalue weighted by atomic mass is 9.92. The van der Waals surface area contributed by atoms with Gasteiger partial charge in [0.2, 0.25) is 5.91 Å². The highest BCUT2D eigenvalue weighted by atomic mass is 79.9. The van der Waals surface area contributed by atoms with Crippen LogP contribution >= 0.6 is 15.9 Å².